The molecule has 2 aromatic carbocycles. The molecule has 2 unspecified atom stereocenters. The summed E-state index contributed by atoms with van der Waals surface area (Å²) in [5.41, 5.74) is 3.76. The average molecular weight is 381 g/mol. The number of benzene rings is 2. The van der Waals surface area contributed by atoms with Gasteiger partial charge in [0, 0.05) is 25.0 Å². The zero-order chi connectivity index (χ0) is 19.6. The predicted octanol–water partition coefficient (Wildman–Crippen LogP) is 3.70. The summed E-state index contributed by atoms with van der Waals surface area (Å²) in [7, 11) is 0. The van der Waals surface area contributed by atoms with Crippen molar-refractivity contribution in [3.63, 3.8) is 0 Å². The van der Waals surface area contributed by atoms with Gasteiger partial charge in [0.15, 0.2) is 0 Å². The van der Waals surface area contributed by atoms with Crippen molar-refractivity contribution in [3.8, 4) is 11.1 Å². The van der Waals surface area contributed by atoms with Crippen molar-refractivity contribution in [2.75, 3.05) is 26.4 Å². The van der Waals surface area contributed by atoms with E-state index in [1.807, 2.05) is 24.3 Å². The number of amides is 1. The number of ether oxygens (including phenoxy) is 2. The molecule has 28 heavy (non-hydrogen) atoms. The Morgan fingerprint density at radius 3 is 2.43 bits per heavy atom. The van der Waals surface area contributed by atoms with E-state index >= 15 is 0 Å². The predicted molar refractivity (Wildman–Crippen MR) is 107 cm³/mol. The molecule has 1 saturated heterocycles. The van der Waals surface area contributed by atoms with Crippen molar-refractivity contribution >= 4 is 6.09 Å². The van der Waals surface area contributed by atoms with Crippen LogP contribution in [0.15, 0.2) is 48.5 Å². The summed E-state index contributed by atoms with van der Waals surface area (Å²) in [6.07, 6.45) is 1.34. The summed E-state index contributed by atoms with van der Waals surface area (Å²) in [5, 5.41) is 13.4. The molecule has 1 fully saturated rings. The van der Waals surface area contributed by atoms with Crippen LogP contribution < -0.4 is 5.32 Å². The minimum Gasteiger partial charge on any atom is -0.449 e. The molecule has 148 valence electrons. The first-order valence-corrected chi connectivity index (χ1v) is 9.95. The number of hydrogen-bond donors (Lipinski definition) is 2. The topological polar surface area (TPSA) is 67.8 Å². The second-order valence-electron chi connectivity index (χ2n) is 7.95. The van der Waals surface area contributed by atoms with Gasteiger partial charge in [-0.25, -0.2) is 4.79 Å². The highest BCUT2D eigenvalue weighted by Crippen LogP contribution is 2.44. The summed E-state index contributed by atoms with van der Waals surface area (Å²) in [6.45, 7) is 3.44. The highest BCUT2D eigenvalue weighted by atomic mass is 16.5. The van der Waals surface area contributed by atoms with E-state index < -0.39 is 11.7 Å². The molecule has 2 aromatic rings. The maximum absolute atomic E-state index is 12.3. The third kappa shape index (κ3) is 3.77. The van der Waals surface area contributed by atoms with Gasteiger partial charge in [-0.1, -0.05) is 48.5 Å². The molecule has 4 rings (SSSR count). The second-order valence-corrected chi connectivity index (χ2v) is 7.95. The van der Waals surface area contributed by atoms with E-state index in [9.17, 15) is 9.90 Å². The average Bonchev–Trinajstić information content (AvgIpc) is 3.05. The summed E-state index contributed by atoms with van der Waals surface area (Å²) in [4.78, 5) is 12.3. The quantitative estimate of drug-likeness (QED) is 0.829. The Morgan fingerprint density at radius 2 is 1.82 bits per heavy atom. The van der Waals surface area contributed by atoms with Crippen LogP contribution in [0.25, 0.3) is 11.1 Å². The number of aliphatic hydroxyl groups is 1. The Kier molecular flexibility index (Phi) is 5.38. The third-order valence-corrected chi connectivity index (χ3v) is 5.97. The van der Waals surface area contributed by atoms with E-state index in [4.69, 9.17) is 9.47 Å². The van der Waals surface area contributed by atoms with Crippen LogP contribution in [0.5, 0.6) is 0 Å². The largest absolute Gasteiger partial charge is 0.449 e. The van der Waals surface area contributed by atoms with Gasteiger partial charge in [-0.05, 0) is 42.0 Å². The van der Waals surface area contributed by atoms with Crippen LogP contribution in [-0.2, 0) is 9.47 Å². The van der Waals surface area contributed by atoms with Crippen molar-refractivity contribution in [1.82, 2.24) is 5.32 Å². The fourth-order valence-electron chi connectivity index (χ4n) is 4.28. The lowest BCUT2D eigenvalue weighted by atomic mass is 9.85. The van der Waals surface area contributed by atoms with Crippen molar-refractivity contribution in [2.24, 2.45) is 5.92 Å². The SMILES string of the molecule is CC(O)(CNC(=O)OCC1c2ccccc2-c2ccccc21)C1CCCOC1. The number of hydrogen-bond acceptors (Lipinski definition) is 4. The molecule has 2 aliphatic rings. The van der Waals surface area contributed by atoms with Crippen LogP contribution in [0.3, 0.4) is 0 Å². The molecular formula is C23H27NO4. The van der Waals surface area contributed by atoms with E-state index in [2.05, 4.69) is 29.6 Å². The first kappa shape index (κ1) is 19.0. The van der Waals surface area contributed by atoms with Gasteiger partial charge < -0.3 is 19.9 Å². The van der Waals surface area contributed by atoms with Crippen molar-refractivity contribution < 1.29 is 19.4 Å². The van der Waals surface area contributed by atoms with Crippen molar-refractivity contribution in [3.05, 3.63) is 59.7 Å². The monoisotopic (exact) mass is 381 g/mol. The Labute approximate surface area is 165 Å². The van der Waals surface area contributed by atoms with E-state index in [-0.39, 0.29) is 25.0 Å². The second kappa shape index (κ2) is 7.94. The zero-order valence-corrected chi connectivity index (χ0v) is 16.2. The van der Waals surface area contributed by atoms with Crippen LogP contribution in [0.1, 0.15) is 36.8 Å². The number of fused-ring (bicyclic) bond motifs is 3. The molecule has 5 nitrogen and oxygen atoms in total. The number of nitrogens with one attached hydrogen (secondary N) is 1. The third-order valence-electron chi connectivity index (χ3n) is 5.97. The first-order chi connectivity index (χ1) is 13.6. The first-order valence-electron chi connectivity index (χ1n) is 9.95. The minimum absolute atomic E-state index is 0.0233. The maximum Gasteiger partial charge on any atom is 0.407 e. The van der Waals surface area contributed by atoms with Gasteiger partial charge in [0.25, 0.3) is 0 Å². The lowest BCUT2D eigenvalue weighted by Crippen LogP contribution is -2.48. The van der Waals surface area contributed by atoms with Crippen LogP contribution >= 0.6 is 0 Å². The molecule has 0 spiro atoms. The zero-order valence-electron chi connectivity index (χ0n) is 16.2. The molecule has 1 amide bonds. The van der Waals surface area contributed by atoms with Gasteiger partial charge >= 0.3 is 6.09 Å². The molecule has 2 atom stereocenters. The normalized spacial score (nSPS) is 20.7. The van der Waals surface area contributed by atoms with E-state index in [1.165, 1.54) is 22.3 Å². The smallest absolute Gasteiger partial charge is 0.407 e. The van der Waals surface area contributed by atoms with E-state index in [0.717, 1.165) is 19.4 Å². The summed E-state index contributed by atoms with van der Waals surface area (Å²) < 4.78 is 11.0. The van der Waals surface area contributed by atoms with Gasteiger partial charge in [0.1, 0.15) is 6.61 Å². The lowest BCUT2D eigenvalue weighted by molar-refractivity contribution is -0.0659. The Bertz CT molecular complexity index is 797. The molecule has 0 bridgehead atoms. The maximum atomic E-state index is 12.3. The van der Waals surface area contributed by atoms with Crippen LogP contribution in [-0.4, -0.2) is 43.2 Å². The number of carbonyl (C=O) groups is 1. The number of rotatable bonds is 5. The molecule has 0 aromatic heterocycles. The Hall–Kier alpha value is -2.37. The van der Waals surface area contributed by atoms with Gasteiger partial charge in [-0.2, -0.15) is 0 Å². The van der Waals surface area contributed by atoms with Crippen LogP contribution in [0, 0.1) is 5.92 Å². The highest BCUT2D eigenvalue weighted by Gasteiger charge is 2.34. The van der Waals surface area contributed by atoms with E-state index in [1.54, 1.807) is 6.92 Å². The van der Waals surface area contributed by atoms with Crippen LogP contribution in [0.2, 0.25) is 0 Å². The number of carbonyl (C=O) groups excluding carboxylic acids is 1. The van der Waals surface area contributed by atoms with Crippen molar-refractivity contribution in [1.29, 1.82) is 0 Å². The van der Waals surface area contributed by atoms with E-state index in [0.29, 0.717) is 6.61 Å². The fourth-order valence-corrected chi connectivity index (χ4v) is 4.28. The number of alkyl carbamates (subject to hydrolysis) is 1. The fraction of sp³-hybridized carbons (Fsp3) is 0.435. The molecule has 0 radical (unpaired) electrons. The summed E-state index contributed by atoms with van der Waals surface area (Å²) in [5.74, 6) is 0.0561. The Balaban J connectivity index is 1.36. The van der Waals surface area contributed by atoms with Gasteiger partial charge in [0.05, 0.1) is 12.2 Å². The van der Waals surface area contributed by atoms with Gasteiger partial charge in [0.2, 0.25) is 0 Å². The van der Waals surface area contributed by atoms with Crippen LogP contribution in [0.4, 0.5) is 4.79 Å². The lowest BCUT2D eigenvalue weighted by Gasteiger charge is -2.35. The van der Waals surface area contributed by atoms with Gasteiger partial charge in [-0.3, -0.25) is 0 Å². The highest BCUT2D eigenvalue weighted by molar-refractivity contribution is 5.79. The summed E-state index contributed by atoms with van der Waals surface area (Å²) >= 11 is 0. The molecule has 1 aliphatic heterocycles. The minimum atomic E-state index is -1.01. The molecular weight excluding hydrogens is 354 g/mol. The molecule has 1 aliphatic carbocycles. The van der Waals surface area contributed by atoms with Crippen molar-refractivity contribution in [2.45, 2.75) is 31.3 Å². The Morgan fingerprint density at radius 1 is 1.18 bits per heavy atom. The summed E-state index contributed by atoms with van der Waals surface area (Å²) in [6, 6.07) is 16.5. The molecule has 0 saturated carbocycles. The molecule has 5 heteroatoms. The molecule has 1 heterocycles. The van der Waals surface area contributed by atoms with Gasteiger partial charge in [-0.15, -0.1) is 0 Å². The molecule has 2 N–H and O–H groups in total. The standard InChI is InChI=1S/C23H27NO4/c1-23(26,16-7-6-12-27-13-16)15-24-22(25)28-14-21-19-10-4-2-8-17(19)18-9-3-5-11-20(18)21/h2-5,8-11,16,21,26H,6-7,12-15H2,1H3,(H,24,25).